The number of aliphatic carboxylic acids is 2. The highest BCUT2D eigenvalue weighted by molar-refractivity contribution is 5.75. The molecule has 132 valence electrons. The molecule has 0 amide bonds. The van der Waals surface area contributed by atoms with Gasteiger partial charge in [-0.15, -0.1) is 0 Å². The summed E-state index contributed by atoms with van der Waals surface area (Å²) in [6, 6.07) is -0.738. The van der Waals surface area contributed by atoms with Gasteiger partial charge in [0, 0.05) is 19.5 Å². The summed E-state index contributed by atoms with van der Waals surface area (Å²) in [5.74, 6) is -1.94. The van der Waals surface area contributed by atoms with Crippen molar-refractivity contribution in [3.05, 3.63) is 0 Å². The molecule has 0 aromatic rings. The highest BCUT2D eigenvalue weighted by Crippen LogP contribution is 1.99. The van der Waals surface area contributed by atoms with Gasteiger partial charge in [-0.05, 0) is 19.4 Å². The van der Waals surface area contributed by atoms with Gasteiger partial charge >= 0.3 is 11.9 Å². The van der Waals surface area contributed by atoms with Crippen LogP contribution >= 0.6 is 0 Å². The van der Waals surface area contributed by atoms with Gasteiger partial charge in [-0.25, -0.2) is 0 Å². The lowest BCUT2D eigenvalue weighted by atomic mass is 10.1. The van der Waals surface area contributed by atoms with Crippen LogP contribution < -0.4 is 10.6 Å². The molecule has 0 radical (unpaired) electrons. The summed E-state index contributed by atoms with van der Waals surface area (Å²) in [6.45, 7) is 4.12. The van der Waals surface area contributed by atoms with Gasteiger partial charge in [-0.3, -0.25) is 9.59 Å². The second-order valence-corrected chi connectivity index (χ2v) is 4.68. The molecule has 0 bridgehead atoms. The van der Waals surface area contributed by atoms with E-state index in [0.29, 0.717) is 19.6 Å². The third-order valence-electron chi connectivity index (χ3n) is 2.69. The zero-order valence-electron chi connectivity index (χ0n) is 13.3. The Kier molecular flexibility index (Phi) is 18.7. The molecule has 0 aliphatic heterocycles. The fraction of sp³-hybridized carbons (Fsp3) is 0.857. The maximum absolute atomic E-state index is 10.7. The SMILES string of the molecule is CCCCCN[C@@H](CCC(=O)O)C(=O)O.OCCNCCO. The first kappa shape index (κ1) is 23.1. The van der Waals surface area contributed by atoms with Crippen molar-refractivity contribution < 1.29 is 30.0 Å². The van der Waals surface area contributed by atoms with Crippen LogP contribution in [0.25, 0.3) is 0 Å². The Morgan fingerprint density at radius 3 is 2.00 bits per heavy atom. The van der Waals surface area contributed by atoms with Crippen LogP contribution in [0.4, 0.5) is 0 Å². The summed E-state index contributed by atoms with van der Waals surface area (Å²) in [7, 11) is 0. The Hall–Kier alpha value is -1.22. The van der Waals surface area contributed by atoms with Crippen LogP contribution in [0, 0.1) is 0 Å². The molecule has 6 N–H and O–H groups in total. The molecule has 0 aromatic carbocycles. The molecule has 1 atom stereocenters. The molecule has 0 aliphatic carbocycles. The Morgan fingerprint density at radius 2 is 1.59 bits per heavy atom. The molecular weight excluding hydrogens is 292 g/mol. The van der Waals surface area contributed by atoms with E-state index in [9.17, 15) is 9.59 Å². The quantitative estimate of drug-likeness (QED) is 0.253. The van der Waals surface area contributed by atoms with Crippen molar-refractivity contribution in [2.45, 2.75) is 45.1 Å². The van der Waals surface area contributed by atoms with E-state index in [0.717, 1.165) is 19.3 Å². The lowest BCUT2D eigenvalue weighted by molar-refractivity contribution is -0.140. The number of aliphatic hydroxyl groups excluding tert-OH is 2. The second-order valence-electron chi connectivity index (χ2n) is 4.68. The monoisotopic (exact) mass is 322 g/mol. The maximum atomic E-state index is 10.7. The molecule has 22 heavy (non-hydrogen) atoms. The van der Waals surface area contributed by atoms with E-state index in [2.05, 4.69) is 17.6 Å². The first-order valence-corrected chi connectivity index (χ1v) is 7.59. The van der Waals surface area contributed by atoms with Gasteiger partial charge in [0.1, 0.15) is 6.04 Å². The summed E-state index contributed by atoms with van der Waals surface area (Å²) in [6.07, 6.45) is 3.08. The minimum Gasteiger partial charge on any atom is -0.481 e. The van der Waals surface area contributed by atoms with Crippen LogP contribution in [-0.4, -0.2) is 71.3 Å². The second kappa shape index (κ2) is 17.8. The number of carbonyl (C=O) groups is 2. The van der Waals surface area contributed by atoms with E-state index < -0.39 is 18.0 Å². The Balaban J connectivity index is 0. The normalized spacial score (nSPS) is 11.4. The van der Waals surface area contributed by atoms with E-state index in [1.54, 1.807) is 0 Å². The molecule has 0 saturated heterocycles. The largest absolute Gasteiger partial charge is 0.481 e. The van der Waals surface area contributed by atoms with Gasteiger partial charge in [-0.1, -0.05) is 19.8 Å². The molecule has 8 nitrogen and oxygen atoms in total. The van der Waals surface area contributed by atoms with Crippen LogP contribution in [0.5, 0.6) is 0 Å². The van der Waals surface area contributed by atoms with Crippen molar-refractivity contribution in [1.29, 1.82) is 0 Å². The zero-order valence-corrected chi connectivity index (χ0v) is 13.3. The van der Waals surface area contributed by atoms with Gasteiger partial charge in [0.15, 0.2) is 0 Å². The van der Waals surface area contributed by atoms with E-state index in [-0.39, 0.29) is 26.1 Å². The number of nitrogens with one attached hydrogen (secondary N) is 2. The maximum Gasteiger partial charge on any atom is 0.320 e. The number of hydrogen-bond acceptors (Lipinski definition) is 6. The summed E-state index contributed by atoms with van der Waals surface area (Å²) < 4.78 is 0. The van der Waals surface area contributed by atoms with Gasteiger partial charge in [0.2, 0.25) is 0 Å². The van der Waals surface area contributed by atoms with Gasteiger partial charge in [-0.2, -0.15) is 0 Å². The number of carboxylic acid groups (broad SMARTS) is 2. The van der Waals surface area contributed by atoms with Gasteiger partial charge < -0.3 is 31.1 Å². The lowest BCUT2D eigenvalue weighted by Gasteiger charge is -2.12. The van der Waals surface area contributed by atoms with Crippen LogP contribution in [-0.2, 0) is 9.59 Å². The van der Waals surface area contributed by atoms with Crippen LogP contribution in [0.2, 0.25) is 0 Å². The van der Waals surface area contributed by atoms with Crippen molar-refractivity contribution in [3.8, 4) is 0 Å². The van der Waals surface area contributed by atoms with E-state index in [4.69, 9.17) is 20.4 Å². The predicted molar refractivity (Wildman–Crippen MR) is 82.9 cm³/mol. The number of rotatable bonds is 13. The third-order valence-corrected chi connectivity index (χ3v) is 2.69. The lowest BCUT2D eigenvalue weighted by Crippen LogP contribution is -2.37. The molecule has 0 rings (SSSR count). The average molecular weight is 322 g/mol. The molecule has 0 aliphatic rings. The van der Waals surface area contributed by atoms with Crippen molar-refractivity contribution in [3.63, 3.8) is 0 Å². The molecule has 0 saturated carbocycles. The predicted octanol–water partition coefficient (Wildman–Crippen LogP) is -0.355. The van der Waals surface area contributed by atoms with E-state index in [1.807, 2.05) is 0 Å². The standard InChI is InChI=1S/C10H19NO4.C4H11NO2/c1-2-3-4-7-11-8(10(14)15)5-6-9(12)13;6-3-1-5-2-4-7/h8,11H,2-7H2,1H3,(H,12,13)(H,14,15);5-7H,1-4H2/t8-;/m0./s1. The molecule has 8 heteroatoms. The molecule has 0 unspecified atom stereocenters. The van der Waals surface area contributed by atoms with Gasteiger partial charge in [0.05, 0.1) is 13.2 Å². The van der Waals surface area contributed by atoms with Crippen molar-refractivity contribution >= 4 is 11.9 Å². The molecule has 0 aromatic heterocycles. The van der Waals surface area contributed by atoms with E-state index >= 15 is 0 Å². The van der Waals surface area contributed by atoms with Crippen molar-refractivity contribution in [1.82, 2.24) is 10.6 Å². The molecular formula is C14H30N2O6. The molecule has 0 spiro atoms. The van der Waals surface area contributed by atoms with E-state index in [1.165, 1.54) is 0 Å². The highest BCUT2D eigenvalue weighted by atomic mass is 16.4. The Bertz CT molecular complexity index is 272. The van der Waals surface area contributed by atoms with Crippen LogP contribution in [0.15, 0.2) is 0 Å². The number of unbranched alkanes of at least 4 members (excludes halogenated alkanes) is 2. The van der Waals surface area contributed by atoms with Crippen molar-refractivity contribution in [2.75, 3.05) is 32.8 Å². The fourth-order valence-corrected chi connectivity index (χ4v) is 1.52. The first-order chi connectivity index (χ1) is 10.5. The minimum atomic E-state index is -0.979. The van der Waals surface area contributed by atoms with Gasteiger partial charge in [0.25, 0.3) is 0 Å². The average Bonchev–Trinajstić information content (AvgIpc) is 2.47. The van der Waals surface area contributed by atoms with Crippen LogP contribution in [0.3, 0.4) is 0 Å². The Morgan fingerprint density at radius 1 is 1.00 bits per heavy atom. The highest BCUT2D eigenvalue weighted by Gasteiger charge is 2.17. The zero-order chi connectivity index (χ0) is 17.2. The summed E-state index contributed by atoms with van der Waals surface area (Å²) in [4.78, 5) is 21.0. The first-order valence-electron chi connectivity index (χ1n) is 7.59. The van der Waals surface area contributed by atoms with Crippen molar-refractivity contribution in [2.24, 2.45) is 0 Å². The summed E-state index contributed by atoms with van der Waals surface area (Å²) in [5, 5.41) is 39.1. The summed E-state index contributed by atoms with van der Waals surface area (Å²) in [5.41, 5.74) is 0. The molecule has 0 heterocycles. The minimum absolute atomic E-state index is 0.113. The number of carboxylic acids is 2. The third kappa shape index (κ3) is 18.8. The Labute approximate surface area is 131 Å². The number of aliphatic hydroxyl groups is 2. The smallest absolute Gasteiger partial charge is 0.320 e. The fourth-order valence-electron chi connectivity index (χ4n) is 1.52. The number of hydrogen-bond donors (Lipinski definition) is 6. The topological polar surface area (TPSA) is 139 Å². The molecule has 0 fully saturated rings. The summed E-state index contributed by atoms with van der Waals surface area (Å²) >= 11 is 0. The van der Waals surface area contributed by atoms with Crippen LogP contribution in [0.1, 0.15) is 39.0 Å².